The van der Waals surface area contributed by atoms with Gasteiger partial charge >= 0.3 is 6.29 Å². The van der Waals surface area contributed by atoms with Crippen LogP contribution in [0, 0.1) is 0 Å². The van der Waals surface area contributed by atoms with Crippen molar-refractivity contribution >= 4 is 6.29 Å². The van der Waals surface area contributed by atoms with Crippen molar-refractivity contribution in [1.29, 1.82) is 0 Å². The van der Waals surface area contributed by atoms with Gasteiger partial charge in [0.15, 0.2) is 11.5 Å². The molecule has 3 heteroatoms. The molecule has 1 aromatic rings. The van der Waals surface area contributed by atoms with Crippen molar-refractivity contribution < 1.29 is 14.3 Å². The Hall–Kier alpha value is -1.51. The van der Waals surface area contributed by atoms with Gasteiger partial charge < -0.3 is 9.47 Å². The average Bonchev–Trinajstić information content (AvgIpc) is 2.16. The van der Waals surface area contributed by atoms with Crippen LogP contribution in [-0.4, -0.2) is 25.3 Å². The van der Waals surface area contributed by atoms with E-state index >= 15 is 0 Å². The largest absolute Gasteiger partial charge is 0.493 e. The predicted molar refractivity (Wildman–Crippen MR) is 46.6 cm³/mol. The molecular weight excluding hydrogens is 156 g/mol. The summed E-state index contributed by atoms with van der Waals surface area (Å²) in [5.74, 6) is 1.27. The van der Waals surface area contributed by atoms with Crippen LogP contribution in [0.3, 0.4) is 0 Å². The molecule has 0 saturated heterocycles. The van der Waals surface area contributed by atoms with E-state index in [4.69, 9.17) is 14.3 Å². The number of methoxy groups -OCH3 is 2. The molecule has 64 valence electrons. The highest BCUT2D eigenvalue weighted by molar-refractivity contribution is 5.77. The minimum absolute atomic E-state index is 0.611. The lowest BCUT2D eigenvalue weighted by atomic mass is 10.2. The van der Waals surface area contributed by atoms with Crippen LogP contribution in [0.5, 0.6) is 11.5 Å². The van der Waals surface area contributed by atoms with Crippen LogP contribution >= 0.6 is 0 Å². The summed E-state index contributed by atoms with van der Waals surface area (Å²) in [5.41, 5.74) is 0.688. The van der Waals surface area contributed by atoms with E-state index in [1.165, 1.54) is 0 Å². The highest BCUT2D eigenvalue weighted by Gasteiger charge is 2.04. The van der Waals surface area contributed by atoms with Gasteiger partial charge in [0.25, 0.3) is 0 Å². The second-order valence-electron chi connectivity index (χ2n) is 2.24. The number of aldehydes is 1. The Morgan fingerprint density at radius 3 is 2.33 bits per heavy atom. The number of hydrogen-bond acceptors (Lipinski definition) is 2. The average molecular weight is 167 g/mol. The van der Waals surface area contributed by atoms with Gasteiger partial charge in [0, 0.05) is 0 Å². The van der Waals surface area contributed by atoms with Crippen molar-refractivity contribution in [2.75, 3.05) is 14.2 Å². The maximum absolute atomic E-state index is 8.70. The molecule has 1 aromatic carbocycles. The fraction of sp³-hybridized carbons (Fsp3) is 0.222. The minimum Gasteiger partial charge on any atom is -0.493 e. The van der Waals surface area contributed by atoms with Gasteiger partial charge in [0.1, 0.15) is 0 Å². The second kappa shape index (κ2) is 3.76. The lowest BCUT2D eigenvalue weighted by Crippen LogP contribution is -1.91. The predicted octanol–water partition coefficient (Wildman–Crippen LogP) is 1.23. The Morgan fingerprint density at radius 1 is 1.17 bits per heavy atom. The summed E-state index contributed by atoms with van der Waals surface area (Å²) in [6, 6.07) is 5.17. The van der Waals surface area contributed by atoms with E-state index in [1.807, 2.05) is 0 Å². The molecule has 0 aromatic heterocycles. The molecule has 0 aliphatic heterocycles. The van der Waals surface area contributed by atoms with E-state index in [2.05, 4.69) is 0 Å². The number of carbonyl (C=O) groups excluding carboxylic acids is 1. The molecule has 0 radical (unpaired) electrons. The minimum atomic E-state index is 0.611. The molecule has 3 nitrogen and oxygen atoms in total. The van der Waals surface area contributed by atoms with Crippen molar-refractivity contribution in [3.05, 3.63) is 23.8 Å². The molecule has 1 N–H and O–H groups in total. The van der Waals surface area contributed by atoms with Crippen LogP contribution in [0.1, 0.15) is 5.56 Å². The zero-order valence-electron chi connectivity index (χ0n) is 7.07. The van der Waals surface area contributed by atoms with Crippen molar-refractivity contribution in [3.8, 4) is 11.5 Å². The molecule has 0 bridgehead atoms. The molecule has 0 aliphatic carbocycles. The standard InChI is InChI=1S/C9H10O3/c1-11-8-4-3-7(6-10)5-9(8)12-2/h3-6H,1-2H3/p+1. The highest BCUT2D eigenvalue weighted by Crippen LogP contribution is 2.26. The van der Waals surface area contributed by atoms with Crippen LogP contribution in [-0.2, 0) is 0 Å². The van der Waals surface area contributed by atoms with Gasteiger partial charge in [-0.3, -0.25) is 4.79 Å². The number of benzene rings is 1. The molecule has 1 rings (SSSR count). The van der Waals surface area contributed by atoms with Gasteiger partial charge in [-0.2, -0.15) is 0 Å². The monoisotopic (exact) mass is 167 g/mol. The molecule has 0 fully saturated rings. The van der Waals surface area contributed by atoms with E-state index in [0.717, 1.165) is 6.29 Å². The van der Waals surface area contributed by atoms with Crippen molar-refractivity contribution in [2.24, 2.45) is 0 Å². The van der Waals surface area contributed by atoms with Crippen molar-refractivity contribution in [3.63, 3.8) is 0 Å². The molecule has 0 unspecified atom stereocenters. The number of rotatable bonds is 3. The zero-order chi connectivity index (χ0) is 8.97. The van der Waals surface area contributed by atoms with E-state index < -0.39 is 0 Å². The van der Waals surface area contributed by atoms with Gasteiger partial charge in [-0.1, -0.05) is 0 Å². The highest BCUT2D eigenvalue weighted by atomic mass is 16.5. The van der Waals surface area contributed by atoms with E-state index in [1.54, 1.807) is 32.4 Å². The molecule has 12 heavy (non-hydrogen) atoms. The third-order valence-electron chi connectivity index (χ3n) is 1.56. The summed E-state index contributed by atoms with van der Waals surface area (Å²) in [6.07, 6.45) is 1.02. The van der Waals surface area contributed by atoms with Gasteiger partial charge in [-0.25, -0.2) is 0 Å². The topological polar surface area (TPSA) is 39.9 Å². The maximum Gasteiger partial charge on any atom is 0.312 e. The van der Waals surface area contributed by atoms with Gasteiger partial charge in [0.05, 0.1) is 19.8 Å². The fourth-order valence-corrected chi connectivity index (χ4v) is 0.933. The van der Waals surface area contributed by atoms with Crippen LogP contribution < -0.4 is 9.47 Å². The van der Waals surface area contributed by atoms with E-state index in [0.29, 0.717) is 17.1 Å². The first-order valence-corrected chi connectivity index (χ1v) is 3.51. The van der Waals surface area contributed by atoms with Crippen LogP contribution in [0.15, 0.2) is 18.2 Å². The van der Waals surface area contributed by atoms with Crippen LogP contribution in [0.4, 0.5) is 0 Å². The van der Waals surface area contributed by atoms with Gasteiger partial charge in [-0.05, 0) is 18.2 Å². The Labute approximate surface area is 70.9 Å². The first-order chi connectivity index (χ1) is 5.81. The van der Waals surface area contributed by atoms with E-state index in [9.17, 15) is 0 Å². The molecule has 0 aliphatic rings. The number of hydrogen-bond donors (Lipinski definition) is 0. The third kappa shape index (κ3) is 1.56. The Balaban J connectivity index is 3.10. The third-order valence-corrected chi connectivity index (χ3v) is 1.56. The van der Waals surface area contributed by atoms with Crippen LogP contribution in [0.2, 0.25) is 0 Å². The van der Waals surface area contributed by atoms with Crippen molar-refractivity contribution in [2.45, 2.75) is 0 Å². The van der Waals surface area contributed by atoms with E-state index in [-0.39, 0.29) is 0 Å². The maximum atomic E-state index is 8.70. The van der Waals surface area contributed by atoms with Gasteiger partial charge in [-0.15, -0.1) is 0 Å². The first-order valence-electron chi connectivity index (χ1n) is 3.51. The lowest BCUT2D eigenvalue weighted by molar-refractivity contribution is 0.355. The first kappa shape index (κ1) is 8.59. The quantitative estimate of drug-likeness (QED) is 0.501. The molecule has 0 spiro atoms. The fourth-order valence-electron chi connectivity index (χ4n) is 0.933. The molecule has 0 heterocycles. The molecule has 0 saturated carbocycles. The second-order valence-corrected chi connectivity index (χ2v) is 2.24. The molecule has 0 amide bonds. The summed E-state index contributed by atoms with van der Waals surface area (Å²) >= 11 is 0. The Kier molecular flexibility index (Phi) is 2.69. The Morgan fingerprint density at radius 2 is 1.83 bits per heavy atom. The Bertz CT molecular complexity index is 281. The molecular formula is C9H11O3+. The van der Waals surface area contributed by atoms with Gasteiger partial charge in [0.2, 0.25) is 0 Å². The summed E-state index contributed by atoms with van der Waals surface area (Å²) in [5, 5.41) is 0. The number of ether oxygens (including phenoxy) is 2. The molecule has 0 atom stereocenters. The normalized spacial score (nSPS) is 9.17. The SMILES string of the molecule is COc1ccc(C=[OH+])cc1OC. The summed E-state index contributed by atoms with van der Waals surface area (Å²) < 4.78 is 10.0. The smallest absolute Gasteiger partial charge is 0.312 e. The summed E-state index contributed by atoms with van der Waals surface area (Å²) in [7, 11) is 3.12. The van der Waals surface area contributed by atoms with Crippen molar-refractivity contribution in [1.82, 2.24) is 0 Å². The summed E-state index contributed by atoms with van der Waals surface area (Å²) in [6.45, 7) is 0. The zero-order valence-corrected chi connectivity index (χ0v) is 7.07. The summed E-state index contributed by atoms with van der Waals surface area (Å²) in [4.78, 5) is 8.70. The lowest BCUT2D eigenvalue weighted by Gasteiger charge is -2.05. The van der Waals surface area contributed by atoms with Crippen LogP contribution in [0.25, 0.3) is 0 Å².